The minimum absolute atomic E-state index is 0.0731. The molecule has 4 aromatic rings. The van der Waals surface area contributed by atoms with Gasteiger partial charge < -0.3 is 10.6 Å². The summed E-state index contributed by atoms with van der Waals surface area (Å²) in [5.74, 6) is 0.479. The van der Waals surface area contributed by atoms with E-state index in [2.05, 4.69) is 20.8 Å². The molecule has 2 amide bonds. The maximum atomic E-state index is 12.4. The van der Waals surface area contributed by atoms with Gasteiger partial charge in [-0.25, -0.2) is 0 Å². The summed E-state index contributed by atoms with van der Waals surface area (Å²) in [5, 5.41) is 14.5. The standard InChI is InChI=1S/C26H24N4O2S2/c1-18-7-14-22(15-8-18)27-24(32)21-12-9-20(10-13-21)17-33-26-30-29-25(34-26)28-23(31)16-11-19-5-3-2-4-6-19/h2-10,12-15H,11,16-17H2,1H3,(H,27,32)(H,28,29,31). The Hall–Kier alpha value is -3.49. The van der Waals surface area contributed by atoms with Gasteiger partial charge in [0.2, 0.25) is 11.0 Å². The van der Waals surface area contributed by atoms with Gasteiger partial charge in [-0.1, -0.05) is 83.3 Å². The second kappa shape index (κ2) is 11.6. The predicted molar refractivity (Wildman–Crippen MR) is 138 cm³/mol. The third-order valence-corrected chi connectivity index (χ3v) is 7.07. The zero-order valence-corrected chi connectivity index (χ0v) is 20.3. The van der Waals surface area contributed by atoms with Crippen molar-refractivity contribution in [2.24, 2.45) is 0 Å². The summed E-state index contributed by atoms with van der Waals surface area (Å²) >= 11 is 2.90. The third-order valence-electron chi connectivity index (χ3n) is 5.02. The Kier molecular flexibility index (Phi) is 8.06. The summed E-state index contributed by atoms with van der Waals surface area (Å²) in [5.41, 5.74) is 4.72. The van der Waals surface area contributed by atoms with Gasteiger partial charge in [-0.05, 0) is 48.7 Å². The maximum Gasteiger partial charge on any atom is 0.255 e. The first-order valence-corrected chi connectivity index (χ1v) is 12.6. The summed E-state index contributed by atoms with van der Waals surface area (Å²) in [6, 6.07) is 25.1. The van der Waals surface area contributed by atoms with Gasteiger partial charge in [-0.2, -0.15) is 0 Å². The predicted octanol–water partition coefficient (Wildman–Crippen LogP) is 5.96. The molecule has 0 aliphatic carbocycles. The molecule has 0 aliphatic heterocycles. The fraction of sp³-hybridized carbons (Fsp3) is 0.154. The number of rotatable bonds is 9. The number of nitrogens with zero attached hydrogens (tertiary/aromatic N) is 2. The lowest BCUT2D eigenvalue weighted by Gasteiger charge is -2.06. The average Bonchev–Trinajstić information content (AvgIpc) is 3.31. The zero-order chi connectivity index (χ0) is 23.8. The Labute approximate surface area is 206 Å². The summed E-state index contributed by atoms with van der Waals surface area (Å²) in [7, 11) is 0. The van der Waals surface area contributed by atoms with Gasteiger partial charge in [-0.15, -0.1) is 10.2 Å². The van der Waals surface area contributed by atoms with Crippen LogP contribution in [0.15, 0.2) is 83.2 Å². The van der Waals surface area contributed by atoms with E-state index < -0.39 is 0 Å². The van der Waals surface area contributed by atoms with E-state index in [9.17, 15) is 9.59 Å². The number of anilines is 2. The number of carbonyl (C=O) groups is 2. The smallest absolute Gasteiger partial charge is 0.255 e. The SMILES string of the molecule is Cc1ccc(NC(=O)c2ccc(CSc3nnc(NC(=O)CCc4ccccc4)s3)cc2)cc1. The van der Waals surface area contributed by atoms with E-state index in [4.69, 9.17) is 0 Å². The van der Waals surface area contributed by atoms with Gasteiger partial charge in [0.1, 0.15) is 0 Å². The van der Waals surface area contributed by atoms with Crippen LogP contribution in [-0.4, -0.2) is 22.0 Å². The van der Waals surface area contributed by atoms with Crippen LogP contribution in [0.3, 0.4) is 0 Å². The molecule has 0 fully saturated rings. The van der Waals surface area contributed by atoms with Gasteiger partial charge in [0.15, 0.2) is 4.34 Å². The lowest BCUT2D eigenvalue weighted by atomic mass is 10.1. The average molecular weight is 489 g/mol. The van der Waals surface area contributed by atoms with Crippen molar-refractivity contribution < 1.29 is 9.59 Å². The monoisotopic (exact) mass is 488 g/mol. The molecule has 0 atom stereocenters. The number of aromatic nitrogens is 2. The van der Waals surface area contributed by atoms with E-state index in [1.807, 2.05) is 85.8 Å². The van der Waals surface area contributed by atoms with Crippen molar-refractivity contribution in [3.05, 3.63) is 101 Å². The fourth-order valence-corrected chi connectivity index (χ4v) is 4.86. The molecule has 6 nitrogen and oxygen atoms in total. The van der Waals surface area contributed by atoms with Crippen LogP contribution in [0.4, 0.5) is 10.8 Å². The second-order valence-corrected chi connectivity index (χ2v) is 9.91. The topological polar surface area (TPSA) is 84.0 Å². The van der Waals surface area contributed by atoms with Gasteiger partial charge >= 0.3 is 0 Å². The van der Waals surface area contributed by atoms with Crippen molar-refractivity contribution in [1.82, 2.24) is 10.2 Å². The first-order chi connectivity index (χ1) is 16.5. The highest BCUT2D eigenvalue weighted by Crippen LogP contribution is 2.28. The molecule has 34 heavy (non-hydrogen) atoms. The van der Waals surface area contributed by atoms with Crippen LogP contribution in [0.5, 0.6) is 0 Å². The fourth-order valence-electron chi connectivity index (χ4n) is 3.14. The van der Waals surface area contributed by atoms with Crippen molar-refractivity contribution in [2.75, 3.05) is 10.6 Å². The number of benzene rings is 3. The van der Waals surface area contributed by atoms with Gasteiger partial charge in [0.25, 0.3) is 5.91 Å². The summed E-state index contributed by atoms with van der Waals surface area (Å²) < 4.78 is 0.777. The van der Waals surface area contributed by atoms with Crippen molar-refractivity contribution in [3.63, 3.8) is 0 Å². The lowest BCUT2D eigenvalue weighted by Crippen LogP contribution is -2.12. The Balaban J connectivity index is 1.23. The molecule has 0 aliphatic rings. The Morgan fingerprint density at radius 3 is 2.32 bits per heavy atom. The van der Waals surface area contributed by atoms with Crippen molar-refractivity contribution in [3.8, 4) is 0 Å². The van der Waals surface area contributed by atoms with Crippen LogP contribution in [0, 0.1) is 6.92 Å². The van der Waals surface area contributed by atoms with E-state index in [-0.39, 0.29) is 11.8 Å². The molecule has 2 N–H and O–H groups in total. The summed E-state index contributed by atoms with van der Waals surface area (Å²) in [6.45, 7) is 2.01. The quantitative estimate of drug-likeness (QED) is 0.224. The number of nitrogens with one attached hydrogen (secondary N) is 2. The molecule has 0 spiro atoms. The molecule has 0 unspecified atom stereocenters. The number of carbonyl (C=O) groups excluding carboxylic acids is 2. The van der Waals surface area contributed by atoms with Crippen molar-refractivity contribution in [1.29, 1.82) is 0 Å². The first-order valence-electron chi connectivity index (χ1n) is 10.8. The number of hydrogen-bond donors (Lipinski definition) is 2. The minimum Gasteiger partial charge on any atom is -0.322 e. The molecule has 0 saturated heterocycles. The van der Waals surface area contributed by atoms with Gasteiger partial charge in [-0.3, -0.25) is 9.59 Å². The van der Waals surface area contributed by atoms with Gasteiger partial charge in [0.05, 0.1) is 0 Å². The van der Waals surface area contributed by atoms with Crippen molar-refractivity contribution >= 4 is 45.7 Å². The number of hydrogen-bond acceptors (Lipinski definition) is 6. The molecule has 3 aromatic carbocycles. The number of thioether (sulfide) groups is 1. The van der Waals surface area contributed by atoms with E-state index in [0.717, 1.165) is 26.7 Å². The highest BCUT2D eigenvalue weighted by molar-refractivity contribution is 8.00. The van der Waals surface area contributed by atoms with Crippen LogP contribution < -0.4 is 10.6 Å². The highest BCUT2D eigenvalue weighted by atomic mass is 32.2. The van der Waals surface area contributed by atoms with Gasteiger partial charge in [0, 0.05) is 23.4 Å². The summed E-state index contributed by atoms with van der Waals surface area (Å²) in [4.78, 5) is 24.6. The maximum absolute atomic E-state index is 12.4. The molecule has 4 rings (SSSR count). The van der Waals surface area contributed by atoms with E-state index in [0.29, 0.717) is 29.3 Å². The van der Waals surface area contributed by atoms with Crippen LogP contribution >= 0.6 is 23.1 Å². The molecule has 1 aromatic heterocycles. The minimum atomic E-state index is -0.139. The van der Waals surface area contributed by atoms with Crippen LogP contribution in [-0.2, 0) is 17.0 Å². The molecule has 172 valence electrons. The Morgan fingerprint density at radius 2 is 1.59 bits per heavy atom. The molecule has 0 bridgehead atoms. The molecule has 0 radical (unpaired) electrons. The molecular formula is C26H24N4O2S2. The highest BCUT2D eigenvalue weighted by Gasteiger charge is 2.10. The zero-order valence-electron chi connectivity index (χ0n) is 18.7. The van der Waals surface area contributed by atoms with Crippen molar-refractivity contribution in [2.45, 2.75) is 29.9 Å². The van der Waals surface area contributed by atoms with Crippen LogP contribution in [0.2, 0.25) is 0 Å². The van der Waals surface area contributed by atoms with E-state index >= 15 is 0 Å². The first kappa shape index (κ1) is 23.7. The second-order valence-electron chi connectivity index (χ2n) is 7.71. The Bertz CT molecular complexity index is 1240. The van der Waals surface area contributed by atoms with Crippen LogP contribution in [0.1, 0.15) is 33.5 Å². The van der Waals surface area contributed by atoms with E-state index in [1.165, 1.54) is 11.3 Å². The third kappa shape index (κ3) is 7.00. The summed E-state index contributed by atoms with van der Waals surface area (Å²) in [6.07, 6.45) is 1.09. The largest absolute Gasteiger partial charge is 0.322 e. The van der Waals surface area contributed by atoms with E-state index in [1.54, 1.807) is 11.8 Å². The molecular weight excluding hydrogens is 464 g/mol. The molecule has 1 heterocycles. The molecule has 8 heteroatoms. The molecule has 0 saturated carbocycles. The normalized spacial score (nSPS) is 10.6. The van der Waals surface area contributed by atoms with Crippen LogP contribution in [0.25, 0.3) is 0 Å². The number of aryl methyl sites for hydroxylation is 2. The number of amides is 2. The lowest BCUT2D eigenvalue weighted by molar-refractivity contribution is -0.116. The Morgan fingerprint density at radius 1 is 0.853 bits per heavy atom.